The van der Waals surface area contributed by atoms with Gasteiger partial charge in [0.05, 0.1) is 0 Å². The lowest BCUT2D eigenvalue weighted by molar-refractivity contribution is 0.227. The third-order valence-electron chi connectivity index (χ3n) is 4.30. The van der Waals surface area contributed by atoms with Crippen LogP contribution in [0.2, 0.25) is 0 Å². The Morgan fingerprint density at radius 3 is 2.61 bits per heavy atom. The van der Waals surface area contributed by atoms with Crippen LogP contribution < -0.4 is 0 Å². The molecule has 0 spiro atoms. The van der Waals surface area contributed by atoms with Crippen molar-refractivity contribution < 1.29 is 0 Å². The summed E-state index contributed by atoms with van der Waals surface area (Å²) in [6.45, 7) is 3.42. The van der Waals surface area contributed by atoms with Crippen LogP contribution >= 0.6 is 0 Å². The number of benzene rings is 2. The lowest BCUT2D eigenvalue weighted by Gasteiger charge is -2.25. The van der Waals surface area contributed by atoms with E-state index in [1.807, 2.05) is 0 Å². The highest BCUT2D eigenvalue weighted by molar-refractivity contribution is 5.85. The molecule has 0 N–H and O–H groups in total. The van der Waals surface area contributed by atoms with Crippen molar-refractivity contribution >= 4 is 10.8 Å². The molecule has 2 aromatic rings. The molecule has 0 heterocycles. The first-order chi connectivity index (χ1) is 8.75. The molecule has 0 saturated heterocycles. The molecule has 0 bridgehead atoms. The van der Waals surface area contributed by atoms with E-state index in [1.54, 1.807) is 0 Å². The van der Waals surface area contributed by atoms with E-state index >= 15 is 0 Å². The molecule has 0 amide bonds. The molecule has 3 rings (SSSR count). The van der Waals surface area contributed by atoms with Crippen molar-refractivity contribution in [3.8, 4) is 0 Å². The van der Waals surface area contributed by atoms with E-state index < -0.39 is 0 Å². The first-order valence-electron chi connectivity index (χ1n) is 6.92. The smallest absolute Gasteiger partial charge is 0.0239 e. The van der Waals surface area contributed by atoms with Gasteiger partial charge in [0.15, 0.2) is 0 Å². The zero-order chi connectivity index (χ0) is 12.5. The molecule has 0 aromatic heterocycles. The molecule has 94 valence electrons. The quantitative estimate of drug-likeness (QED) is 0.777. The molecule has 1 nitrogen and oxygen atoms in total. The molecule has 1 unspecified atom stereocenters. The maximum atomic E-state index is 2.50. The van der Waals surface area contributed by atoms with Gasteiger partial charge >= 0.3 is 0 Å². The Labute approximate surface area is 109 Å². The number of fused-ring (bicyclic) bond motifs is 1. The Bertz CT molecular complexity index is 537. The minimum absolute atomic E-state index is 0.712. The predicted octanol–water partition coefficient (Wildman–Crippen LogP) is 4.07. The minimum atomic E-state index is 0.712. The van der Waals surface area contributed by atoms with Crippen molar-refractivity contribution in [1.82, 2.24) is 4.90 Å². The second-order valence-corrected chi connectivity index (χ2v) is 5.63. The maximum absolute atomic E-state index is 2.50. The van der Waals surface area contributed by atoms with Crippen molar-refractivity contribution in [3.63, 3.8) is 0 Å². The molecular formula is C17H21N. The number of rotatable bonds is 4. The van der Waals surface area contributed by atoms with Gasteiger partial charge in [0.25, 0.3) is 0 Å². The van der Waals surface area contributed by atoms with Gasteiger partial charge in [-0.2, -0.15) is 0 Å². The summed E-state index contributed by atoms with van der Waals surface area (Å²) in [5.41, 5.74) is 1.45. The SMILES string of the molecule is CC(C1CC1)N(C)Cc1cccc2ccccc12. The van der Waals surface area contributed by atoms with Crippen molar-refractivity contribution in [2.75, 3.05) is 7.05 Å². The van der Waals surface area contributed by atoms with Gasteiger partial charge in [0.2, 0.25) is 0 Å². The van der Waals surface area contributed by atoms with Gasteiger partial charge in [0, 0.05) is 12.6 Å². The van der Waals surface area contributed by atoms with E-state index in [1.165, 1.54) is 29.2 Å². The van der Waals surface area contributed by atoms with E-state index in [2.05, 4.69) is 61.3 Å². The summed E-state index contributed by atoms with van der Waals surface area (Å²) in [6.07, 6.45) is 2.84. The molecule has 2 aromatic carbocycles. The highest BCUT2D eigenvalue weighted by atomic mass is 15.1. The van der Waals surface area contributed by atoms with Gasteiger partial charge in [-0.1, -0.05) is 42.5 Å². The molecule has 0 aliphatic heterocycles. The average Bonchev–Trinajstić information content (AvgIpc) is 3.22. The van der Waals surface area contributed by atoms with Crippen LogP contribution in [0, 0.1) is 5.92 Å². The molecule has 1 aliphatic rings. The van der Waals surface area contributed by atoms with Crippen LogP contribution in [0.15, 0.2) is 42.5 Å². The van der Waals surface area contributed by atoms with Gasteiger partial charge in [-0.15, -0.1) is 0 Å². The van der Waals surface area contributed by atoms with Crippen LogP contribution in [-0.4, -0.2) is 18.0 Å². The van der Waals surface area contributed by atoms with Crippen LogP contribution in [0.4, 0.5) is 0 Å². The van der Waals surface area contributed by atoms with Crippen molar-refractivity contribution in [1.29, 1.82) is 0 Å². The summed E-state index contributed by atoms with van der Waals surface area (Å²) in [5.74, 6) is 0.935. The van der Waals surface area contributed by atoms with E-state index in [4.69, 9.17) is 0 Å². The molecule has 1 aliphatic carbocycles. The van der Waals surface area contributed by atoms with Gasteiger partial charge in [-0.25, -0.2) is 0 Å². The molecule has 1 fully saturated rings. The zero-order valence-corrected chi connectivity index (χ0v) is 11.3. The lowest BCUT2D eigenvalue weighted by Crippen LogP contribution is -2.30. The number of nitrogens with zero attached hydrogens (tertiary/aromatic N) is 1. The Morgan fingerprint density at radius 1 is 1.11 bits per heavy atom. The highest BCUT2D eigenvalue weighted by Crippen LogP contribution is 2.35. The molecule has 1 heteroatoms. The fraction of sp³-hybridized carbons (Fsp3) is 0.412. The Balaban J connectivity index is 1.85. The minimum Gasteiger partial charge on any atom is -0.299 e. The fourth-order valence-electron chi connectivity index (χ4n) is 2.78. The topological polar surface area (TPSA) is 3.24 Å². The second-order valence-electron chi connectivity index (χ2n) is 5.63. The maximum Gasteiger partial charge on any atom is 0.0239 e. The normalized spacial score (nSPS) is 17.3. The second kappa shape index (κ2) is 4.74. The largest absolute Gasteiger partial charge is 0.299 e. The van der Waals surface area contributed by atoms with Crippen molar-refractivity contribution in [2.24, 2.45) is 5.92 Å². The summed E-state index contributed by atoms with van der Waals surface area (Å²) < 4.78 is 0. The Kier molecular flexibility index (Phi) is 3.09. The number of hydrogen-bond acceptors (Lipinski definition) is 1. The van der Waals surface area contributed by atoms with Crippen LogP contribution in [0.5, 0.6) is 0 Å². The van der Waals surface area contributed by atoms with Crippen molar-refractivity contribution in [2.45, 2.75) is 32.4 Å². The Hall–Kier alpha value is -1.34. The number of hydrogen-bond donors (Lipinski definition) is 0. The lowest BCUT2D eigenvalue weighted by atomic mass is 10.0. The van der Waals surface area contributed by atoms with Gasteiger partial charge in [-0.05, 0) is 49.1 Å². The molecule has 1 saturated carbocycles. The van der Waals surface area contributed by atoms with Gasteiger partial charge in [0.1, 0.15) is 0 Å². The van der Waals surface area contributed by atoms with Crippen LogP contribution in [0.3, 0.4) is 0 Å². The van der Waals surface area contributed by atoms with Crippen LogP contribution in [0.1, 0.15) is 25.3 Å². The van der Waals surface area contributed by atoms with Crippen molar-refractivity contribution in [3.05, 3.63) is 48.0 Å². The molecule has 18 heavy (non-hydrogen) atoms. The average molecular weight is 239 g/mol. The van der Waals surface area contributed by atoms with Gasteiger partial charge in [-0.3, -0.25) is 4.90 Å². The van der Waals surface area contributed by atoms with Crippen LogP contribution in [-0.2, 0) is 6.54 Å². The summed E-state index contributed by atoms with van der Waals surface area (Å²) in [7, 11) is 2.25. The molecular weight excluding hydrogens is 218 g/mol. The third kappa shape index (κ3) is 2.28. The standard InChI is InChI=1S/C17H21N/c1-13(14-10-11-14)18(2)12-16-8-5-7-15-6-3-4-9-17(15)16/h3-9,13-14H,10-12H2,1-2H3. The zero-order valence-electron chi connectivity index (χ0n) is 11.3. The molecule has 1 atom stereocenters. The fourth-order valence-corrected chi connectivity index (χ4v) is 2.78. The van der Waals surface area contributed by atoms with Crippen LogP contribution in [0.25, 0.3) is 10.8 Å². The first-order valence-corrected chi connectivity index (χ1v) is 6.92. The van der Waals surface area contributed by atoms with E-state index in [9.17, 15) is 0 Å². The van der Waals surface area contributed by atoms with Gasteiger partial charge < -0.3 is 0 Å². The van der Waals surface area contributed by atoms with E-state index in [-0.39, 0.29) is 0 Å². The highest BCUT2D eigenvalue weighted by Gasteiger charge is 2.30. The van der Waals surface area contributed by atoms with E-state index in [0.717, 1.165) is 12.5 Å². The monoisotopic (exact) mass is 239 g/mol. The third-order valence-corrected chi connectivity index (χ3v) is 4.30. The summed E-state index contributed by atoms with van der Waals surface area (Å²) in [6, 6.07) is 16.0. The Morgan fingerprint density at radius 2 is 1.83 bits per heavy atom. The first kappa shape index (κ1) is 11.7. The van der Waals surface area contributed by atoms with E-state index in [0.29, 0.717) is 6.04 Å². The molecule has 0 radical (unpaired) electrons. The summed E-state index contributed by atoms with van der Waals surface area (Å²) in [5, 5.41) is 2.75. The predicted molar refractivity (Wildman–Crippen MR) is 77.6 cm³/mol. The summed E-state index contributed by atoms with van der Waals surface area (Å²) >= 11 is 0. The summed E-state index contributed by atoms with van der Waals surface area (Å²) in [4.78, 5) is 2.50.